The fourth-order valence-electron chi connectivity index (χ4n) is 1.16. The van der Waals surface area contributed by atoms with Crippen molar-refractivity contribution in [2.75, 3.05) is 0 Å². The van der Waals surface area contributed by atoms with E-state index in [0.29, 0.717) is 0 Å². The van der Waals surface area contributed by atoms with Gasteiger partial charge in [-0.25, -0.2) is 8.42 Å². The largest absolute Gasteiger partial charge is 0.227 e. The van der Waals surface area contributed by atoms with Gasteiger partial charge in [-0.15, -0.1) is 5.10 Å². The van der Waals surface area contributed by atoms with Gasteiger partial charge in [-0.1, -0.05) is 17.7 Å². The van der Waals surface area contributed by atoms with E-state index in [9.17, 15) is 8.42 Å². The van der Waals surface area contributed by atoms with Gasteiger partial charge in [0.05, 0.1) is 11.1 Å². The van der Waals surface area contributed by atoms with Crippen LogP contribution in [0.15, 0.2) is 40.4 Å². The first-order valence-corrected chi connectivity index (χ1v) is 5.76. The summed E-state index contributed by atoms with van der Waals surface area (Å²) in [5.41, 5.74) is 1.01. The lowest BCUT2D eigenvalue weighted by molar-refractivity contribution is 0.592. The zero-order chi connectivity index (χ0) is 10.9. The first-order chi connectivity index (χ1) is 7.10. The van der Waals surface area contributed by atoms with Crippen molar-refractivity contribution in [1.29, 1.82) is 0 Å². The minimum absolute atomic E-state index is 0.0636. The second kappa shape index (κ2) is 3.47. The van der Waals surface area contributed by atoms with Gasteiger partial charge in [-0.2, -0.15) is 10.3 Å². The molecule has 0 saturated heterocycles. The van der Waals surface area contributed by atoms with Crippen molar-refractivity contribution in [3.8, 4) is 0 Å². The molecule has 1 heterocycles. The molecular weight excluding hydrogens is 214 g/mol. The van der Waals surface area contributed by atoms with Crippen LogP contribution >= 0.6 is 0 Å². The van der Waals surface area contributed by atoms with Crippen molar-refractivity contribution in [1.82, 2.24) is 15.4 Å². The van der Waals surface area contributed by atoms with Crippen LogP contribution in [0.25, 0.3) is 0 Å². The highest BCUT2D eigenvalue weighted by Crippen LogP contribution is 2.17. The lowest BCUT2D eigenvalue weighted by atomic mass is 10.2. The Balaban J connectivity index is 2.52. The number of rotatable bonds is 2. The van der Waals surface area contributed by atoms with Crippen LogP contribution in [0.3, 0.4) is 0 Å². The van der Waals surface area contributed by atoms with E-state index in [-0.39, 0.29) is 9.92 Å². The molecule has 2 aromatic rings. The minimum Gasteiger partial charge on any atom is -0.217 e. The molecule has 0 fully saturated rings. The molecule has 6 heteroatoms. The molecule has 78 valence electrons. The van der Waals surface area contributed by atoms with Crippen LogP contribution in [0.1, 0.15) is 5.56 Å². The predicted octanol–water partition coefficient (Wildman–Crippen LogP) is 0.946. The van der Waals surface area contributed by atoms with E-state index < -0.39 is 9.84 Å². The summed E-state index contributed by atoms with van der Waals surface area (Å²) in [6.07, 6.45) is 1.19. The van der Waals surface area contributed by atoms with Crippen molar-refractivity contribution in [3.63, 3.8) is 0 Å². The number of aryl methyl sites for hydroxylation is 1. The number of hydrogen-bond acceptors (Lipinski definition) is 4. The summed E-state index contributed by atoms with van der Waals surface area (Å²) in [6.45, 7) is 1.90. The Morgan fingerprint density at radius 3 is 2.40 bits per heavy atom. The number of nitrogens with zero attached hydrogens (tertiary/aromatic N) is 2. The number of sulfone groups is 1. The zero-order valence-electron chi connectivity index (χ0n) is 8.01. The summed E-state index contributed by atoms with van der Waals surface area (Å²) in [5.74, 6) is 0. The van der Waals surface area contributed by atoms with Crippen LogP contribution in [0.5, 0.6) is 0 Å². The van der Waals surface area contributed by atoms with Crippen LogP contribution in [-0.2, 0) is 9.84 Å². The first-order valence-electron chi connectivity index (χ1n) is 4.28. The van der Waals surface area contributed by atoms with E-state index >= 15 is 0 Å². The Morgan fingerprint density at radius 2 is 1.87 bits per heavy atom. The number of aromatic nitrogens is 3. The Hall–Kier alpha value is -1.69. The summed E-state index contributed by atoms with van der Waals surface area (Å²) in [6, 6.07) is 6.60. The maximum absolute atomic E-state index is 11.9. The minimum atomic E-state index is -3.52. The standard InChI is InChI=1S/C9H9N3O2S/c1-7-2-4-8(5-3-7)15(13,14)9-6-10-12-11-9/h2-6H,1H3,(H,10,11,12). The number of hydrogen-bond donors (Lipinski definition) is 1. The molecule has 5 nitrogen and oxygen atoms in total. The van der Waals surface area contributed by atoms with Gasteiger partial charge in [0.15, 0.2) is 0 Å². The third kappa shape index (κ3) is 1.75. The Labute approximate surface area is 87.1 Å². The van der Waals surface area contributed by atoms with E-state index in [2.05, 4.69) is 15.4 Å². The van der Waals surface area contributed by atoms with E-state index in [1.165, 1.54) is 6.20 Å². The van der Waals surface area contributed by atoms with Crippen molar-refractivity contribution in [2.45, 2.75) is 16.8 Å². The molecular formula is C9H9N3O2S. The van der Waals surface area contributed by atoms with Gasteiger partial charge >= 0.3 is 0 Å². The Morgan fingerprint density at radius 1 is 1.20 bits per heavy atom. The fourth-order valence-corrected chi connectivity index (χ4v) is 2.25. The highest BCUT2D eigenvalue weighted by molar-refractivity contribution is 7.91. The molecule has 0 amide bonds. The SMILES string of the molecule is Cc1ccc(S(=O)(=O)c2cn[nH]n2)cc1. The molecule has 1 aromatic carbocycles. The monoisotopic (exact) mass is 223 g/mol. The van der Waals surface area contributed by atoms with Crippen LogP contribution in [-0.4, -0.2) is 23.8 Å². The van der Waals surface area contributed by atoms with E-state index in [0.717, 1.165) is 5.56 Å². The molecule has 0 atom stereocenters. The van der Waals surface area contributed by atoms with Crippen molar-refractivity contribution >= 4 is 9.84 Å². The molecule has 0 unspecified atom stereocenters. The third-order valence-corrected chi connectivity index (χ3v) is 3.64. The van der Waals surface area contributed by atoms with Gasteiger partial charge in [0, 0.05) is 0 Å². The van der Waals surface area contributed by atoms with E-state index in [4.69, 9.17) is 0 Å². The number of aromatic amines is 1. The quantitative estimate of drug-likeness (QED) is 0.822. The Kier molecular flexibility index (Phi) is 2.28. The average molecular weight is 223 g/mol. The normalized spacial score (nSPS) is 11.5. The van der Waals surface area contributed by atoms with Gasteiger partial charge in [0.2, 0.25) is 14.9 Å². The lowest BCUT2D eigenvalue weighted by Crippen LogP contribution is -2.02. The fraction of sp³-hybridized carbons (Fsp3) is 0.111. The molecule has 1 aromatic heterocycles. The third-order valence-electron chi connectivity index (χ3n) is 2.00. The van der Waals surface area contributed by atoms with Crippen molar-refractivity contribution in [3.05, 3.63) is 36.0 Å². The Bertz CT molecular complexity index is 544. The van der Waals surface area contributed by atoms with Crippen LogP contribution in [0, 0.1) is 6.92 Å². The molecule has 15 heavy (non-hydrogen) atoms. The summed E-state index contributed by atoms with van der Waals surface area (Å²) in [4.78, 5) is 0.224. The maximum Gasteiger partial charge on any atom is 0.227 e. The van der Waals surface area contributed by atoms with Gasteiger partial charge < -0.3 is 0 Å². The van der Waals surface area contributed by atoms with Gasteiger partial charge in [0.25, 0.3) is 0 Å². The summed E-state index contributed by atoms with van der Waals surface area (Å²) < 4.78 is 23.8. The predicted molar refractivity (Wildman–Crippen MR) is 53.0 cm³/mol. The highest BCUT2D eigenvalue weighted by Gasteiger charge is 2.19. The summed E-state index contributed by atoms with van der Waals surface area (Å²) in [7, 11) is -3.52. The van der Waals surface area contributed by atoms with Crippen molar-refractivity contribution in [2.24, 2.45) is 0 Å². The van der Waals surface area contributed by atoms with E-state index in [1.54, 1.807) is 24.3 Å². The molecule has 0 aliphatic heterocycles. The highest BCUT2D eigenvalue weighted by atomic mass is 32.2. The molecule has 0 aliphatic carbocycles. The smallest absolute Gasteiger partial charge is 0.217 e. The lowest BCUT2D eigenvalue weighted by Gasteiger charge is -2.00. The first kappa shape index (κ1) is 9.85. The molecule has 0 saturated carbocycles. The molecule has 0 bridgehead atoms. The summed E-state index contributed by atoms with van der Waals surface area (Å²) in [5, 5.41) is 9.25. The molecule has 0 spiro atoms. The van der Waals surface area contributed by atoms with Gasteiger partial charge in [-0.3, -0.25) is 0 Å². The van der Waals surface area contributed by atoms with Crippen LogP contribution in [0.2, 0.25) is 0 Å². The molecule has 1 N–H and O–H groups in total. The van der Waals surface area contributed by atoms with Gasteiger partial charge in [-0.05, 0) is 19.1 Å². The number of benzene rings is 1. The topological polar surface area (TPSA) is 75.7 Å². The van der Waals surface area contributed by atoms with Gasteiger partial charge in [0.1, 0.15) is 0 Å². The van der Waals surface area contributed by atoms with E-state index in [1.807, 2.05) is 6.92 Å². The second-order valence-electron chi connectivity index (χ2n) is 3.12. The van der Waals surface area contributed by atoms with Crippen molar-refractivity contribution < 1.29 is 8.42 Å². The molecule has 2 rings (SSSR count). The molecule has 0 radical (unpaired) electrons. The average Bonchev–Trinajstić information content (AvgIpc) is 2.71. The zero-order valence-corrected chi connectivity index (χ0v) is 8.82. The summed E-state index contributed by atoms with van der Waals surface area (Å²) >= 11 is 0. The number of nitrogens with one attached hydrogen (secondary N) is 1. The number of H-pyrrole nitrogens is 1. The van der Waals surface area contributed by atoms with Crippen LogP contribution < -0.4 is 0 Å². The maximum atomic E-state index is 11.9. The second-order valence-corrected chi connectivity index (χ2v) is 5.02. The van der Waals surface area contributed by atoms with Crippen LogP contribution in [0.4, 0.5) is 0 Å². The molecule has 0 aliphatic rings.